The van der Waals surface area contributed by atoms with Gasteiger partial charge in [0.1, 0.15) is 11.5 Å². The van der Waals surface area contributed by atoms with E-state index in [9.17, 15) is 9.18 Å². The summed E-state index contributed by atoms with van der Waals surface area (Å²) < 4.78 is 13.4. The average molecular weight is 359 g/mol. The van der Waals surface area contributed by atoms with E-state index >= 15 is 0 Å². The van der Waals surface area contributed by atoms with E-state index in [1.165, 1.54) is 12.1 Å². The van der Waals surface area contributed by atoms with Crippen LogP contribution in [0.5, 0.6) is 0 Å². The molecule has 4 aromatic rings. The van der Waals surface area contributed by atoms with Gasteiger partial charge in [0.15, 0.2) is 5.78 Å². The average Bonchev–Trinajstić information content (AvgIpc) is 3.08. The number of fused-ring (bicyclic) bond motifs is 1. The molecule has 3 heterocycles. The molecule has 0 aliphatic rings. The van der Waals surface area contributed by atoms with Crippen LogP contribution in [-0.4, -0.2) is 20.7 Å². The van der Waals surface area contributed by atoms with E-state index < -0.39 is 0 Å². The maximum absolute atomic E-state index is 13.4. The van der Waals surface area contributed by atoms with Crippen LogP contribution in [0.15, 0.2) is 61.1 Å². The first-order chi connectivity index (χ1) is 13.1. The number of hydrogen-bond donors (Lipinski definition) is 1. The van der Waals surface area contributed by atoms with E-state index in [1.54, 1.807) is 25.4 Å². The SMILES string of the molecule is Cc1cc(C(=O)Cc2ccc(Cc3c[nH]c4ncccc34)cn2)ccc1F. The fourth-order valence-corrected chi connectivity index (χ4v) is 3.13. The largest absolute Gasteiger partial charge is 0.346 e. The first-order valence-corrected chi connectivity index (χ1v) is 8.74. The van der Waals surface area contributed by atoms with Crippen molar-refractivity contribution in [3.8, 4) is 0 Å². The Balaban J connectivity index is 1.47. The summed E-state index contributed by atoms with van der Waals surface area (Å²) in [7, 11) is 0. The molecule has 27 heavy (non-hydrogen) atoms. The molecule has 3 aromatic heterocycles. The summed E-state index contributed by atoms with van der Waals surface area (Å²) in [6.45, 7) is 1.65. The highest BCUT2D eigenvalue weighted by Crippen LogP contribution is 2.19. The minimum atomic E-state index is -0.304. The second-order valence-corrected chi connectivity index (χ2v) is 6.61. The molecular weight excluding hydrogens is 341 g/mol. The van der Waals surface area contributed by atoms with Crippen LogP contribution in [0, 0.1) is 12.7 Å². The lowest BCUT2D eigenvalue weighted by molar-refractivity contribution is 0.0992. The molecule has 0 aliphatic carbocycles. The molecule has 134 valence electrons. The van der Waals surface area contributed by atoms with Crippen molar-refractivity contribution in [2.24, 2.45) is 0 Å². The number of carbonyl (C=O) groups is 1. The molecule has 0 unspecified atom stereocenters. The van der Waals surface area contributed by atoms with Crippen molar-refractivity contribution in [1.29, 1.82) is 0 Å². The van der Waals surface area contributed by atoms with Crippen LogP contribution in [0.2, 0.25) is 0 Å². The van der Waals surface area contributed by atoms with Crippen LogP contribution in [0.25, 0.3) is 11.0 Å². The predicted molar refractivity (Wildman–Crippen MR) is 102 cm³/mol. The number of aryl methyl sites for hydroxylation is 1. The highest BCUT2D eigenvalue weighted by Gasteiger charge is 2.11. The standard InChI is InChI=1S/C22H18FN3O/c1-14-9-16(5-7-20(14)23)21(27)11-18-6-4-15(12-25-18)10-17-13-26-22-19(17)3-2-8-24-22/h2-9,12-13H,10-11H2,1H3,(H,24,26). The number of benzene rings is 1. The first kappa shape index (κ1) is 17.1. The molecular formula is C22H18FN3O. The normalized spacial score (nSPS) is 11.0. The predicted octanol–water partition coefficient (Wildman–Crippen LogP) is 4.42. The van der Waals surface area contributed by atoms with Crippen LogP contribution in [-0.2, 0) is 12.8 Å². The number of H-pyrrole nitrogens is 1. The fourth-order valence-electron chi connectivity index (χ4n) is 3.13. The molecule has 0 atom stereocenters. The van der Waals surface area contributed by atoms with Gasteiger partial charge in [-0.2, -0.15) is 0 Å². The number of nitrogens with zero attached hydrogens (tertiary/aromatic N) is 2. The van der Waals surface area contributed by atoms with Crippen LogP contribution < -0.4 is 0 Å². The Morgan fingerprint density at radius 1 is 1.15 bits per heavy atom. The van der Waals surface area contributed by atoms with E-state index in [4.69, 9.17) is 0 Å². The van der Waals surface area contributed by atoms with E-state index in [0.29, 0.717) is 16.8 Å². The monoisotopic (exact) mass is 359 g/mol. The van der Waals surface area contributed by atoms with Gasteiger partial charge >= 0.3 is 0 Å². The maximum atomic E-state index is 13.4. The quantitative estimate of drug-likeness (QED) is 0.537. The van der Waals surface area contributed by atoms with Crippen LogP contribution >= 0.6 is 0 Å². The summed E-state index contributed by atoms with van der Waals surface area (Å²) in [4.78, 5) is 24.3. The molecule has 5 heteroatoms. The number of Topliss-reactive ketones (excluding diaryl/α,β-unsaturated/α-hetero) is 1. The van der Waals surface area contributed by atoms with Crippen molar-refractivity contribution in [3.05, 3.63) is 94.8 Å². The Kier molecular flexibility index (Phi) is 4.50. The molecule has 1 aromatic carbocycles. The lowest BCUT2D eigenvalue weighted by Crippen LogP contribution is -2.06. The molecule has 0 saturated carbocycles. The van der Waals surface area contributed by atoms with Gasteiger partial charge in [0.25, 0.3) is 0 Å². The summed E-state index contributed by atoms with van der Waals surface area (Å²) in [5.74, 6) is -0.373. The number of hydrogen-bond acceptors (Lipinski definition) is 3. The van der Waals surface area contributed by atoms with Gasteiger partial charge in [-0.3, -0.25) is 9.78 Å². The van der Waals surface area contributed by atoms with Crippen molar-refractivity contribution < 1.29 is 9.18 Å². The summed E-state index contributed by atoms with van der Waals surface area (Å²) in [6, 6.07) is 12.2. The second kappa shape index (κ2) is 7.11. The molecule has 0 saturated heterocycles. The third-order valence-electron chi connectivity index (χ3n) is 4.64. The van der Waals surface area contributed by atoms with Crippen molar-refractivity contribution in [2.45, 2.75) is 19.8 Å². The number of aromatic nitrogens is 3. The van der Waals surface area contributed by atoms with Gasteiger partial charge in [-0.1, -0.05) is 6.07 Å². The lowest BCUT2D eigenvalue weighted by Gasteiger charge is -2.05. The van der Waals surface area contributed by atoms with Gasteiger partial charge < -0.3 is 4.98 Å². The van der Waals surface area contributed by atoms with Crippen molar-refractivity contribution >= 4 is 16.8 Å². The van der Waals surface area contributed by atoms with Crippen molar-refractivity contribution in [3.63, 3.8) is 0 Å². The third-order valence-corrected chi connectivity index (χ3v) is 4.64. The zero-order chi connectivity index (χ0) is 18.8. The molecule has 4 rings (SSSR count). The Hall–Kier alpha value is -3.34. The number of halogens is 1. The van der Waals surface area contributed by atoms with E-state index in [-0.39, 0.29) is 18.0 Å². The van der Waals surface area contributed by atoms with Gasteiger partial charge in [0.2, 0.25) is 0 Å². The minimum absolute atomic E-state index is 0.0685. The Bertz CT molecular complexity index is 1120. The fraction of sp³-hybridized carbons (Fsp3) is 0.136. The number of rotatable bonds is 5. The molecule has 0 spiro atoms. The van der Waals surface area contributed by atoms with Gasteiger partial charge in [-0.05, 0) is 60.0 Å². The van der Waals surface area contributed by atoms with Gasteiger partial charge in [0.05, 0.1) is 6.42 Å². The van der Waals surface area contributed by atoms with E-state index in [1.807, 2.05) is 30.5 Å². The second-order valence-electron chi connectivity index (χ2n) is 6.61. The molecule has 0 radical (unpaired) electrons. The van der Waals surface area contributed by atoms with E-state index in [0.717, 1.165) is 28.6 Å². The van der Waals surface area contributed by atoms with Crippen molar-refractivity contribution in [2.75, 3.05) is 0 Å². The Morgan fingerprint density at radius 2 is 2.04 bits per heavy atom. The first-order valence-electron chi connectivity index (χ1n) is 8.74. The molecule has 4 nitrogen and oxygen atoms in total. The van der Waals surface area contributed by atoms with Crippen LogP contribution in [0.4, 0.5) is 4.39 Å². The zero-order valence-electron chi connectivity index (χ0n) is 14.9. The Morgan fingerprint density at radius 3 is 2.81 bits per heavy atom. The number of carbonyl (C=O) groups excluding carboxylic acids is 1. The van der Waals surface area contributed by atoms with Gasteiger partial charge in [-0.25, -0.2) is 9.37 Å². The number of ketones is 1. The topological polar surface area (TPSA) is 58.6 Å². The highest BCUT2D eigenvalue weighted by atomic mass is 19.1. The molecule has 0 bridgehead atoms. The van der Waals surface area contributed by atoms with Gasteiger partial charge in [0, 0.05) is 41.7 Å². The summed E-state index contributed by atoms with van der Waals surface area (Å²) in [6.07, 6.45) is 6.46. The maximum Gasteiger partial charge on any atom is 0.168 e. The number of pyridine rings is 2. The van der Waals surface area contributed by atoms with Crippen LogP contribution in [0.1, 0.15) is 32.7 Å². The summed E-state index contributed by atoms with van der Waals surface area (Å²) in [5.41, 5.74) is 4.77. The number of nitrogens with one attached hydrogen (secondary N) is 1. The lowest BCUT2D eigenvalue weighted by atomic mass is 10.0. The summed E-state index contributed by atoms with van der Waals surface area (Å²) in [5, 5.41) is 1.10. The molecule has 0 aliphatic heterocycles. The minimum Gasteiger partial charge on any atom is -0.346 e. The molecule has 0 amide bonds. The molecule has 1 N–H and O–H groups in total. The van der Waals surface area contributed by atoms with Gasteiger partial charge in [-0.15, -0.1) is 0 Å². The summed E-state index contributed by atoms with van der Waals surface area (Å²) >= 11 is 0. The smallest absolute Gasteiger partial charge is 0.168 e. The zero-order valence-corrected chi connectivity index (χ0v) is 14.9. The van der Waals surface area contributed by atoms with Crippen LogP contribution in [0.3, 0.4) is 0 Å². The highest BCUT2D eigenvalue weighted by molar-refractivity contribution is 5.97. The Labute approximate surface area is 156 Å². The van der Waals surface area contributed by atoms with Crippen molar-refractivity contribution in [1.82, 2.24) is 15.0 Å². The van der Waals surface area contributed by atoms with E-state index in [2.05, 4.69) is 15.0 Å². The number of aromatic amines is 1. The molecule has 0 fully saturated rings. The third kappa shape index (κ3) is 3.62.